The van der Waals surface area contributed by atoms with Crippen LogP contribution in [0.25, 0.3) is 0 Å². The van der Waals surface area contributed by atoms with Gasteiger partial charge >= 0.3 is 0 Å². The number of aryl methyl sites for hydroxylation is 1. The van der Waals surface area contributed by atoms with Crippen LogP contribution in [0.4, 0.5) is 0 Å². The van der Waals surface area contributed by atoms with E-state index in [2.05, 4.69) is 39.3 Å². The molecule has 1 aromatic heterocycles. The highest BCUT2D eigenvalue weighted by atomic mass is 16.2. The zero-order chi connectivity index (χ0) is 17.1. The van der Waals surface area contributed by atoms with E-state index in [1.807, 2.05) is 11.9 Å². The molecule has 0 saturated carbocycles. The van der Waals surface area contributed by atoms with Crippen molar-refractivity contribution in [3.63, 3.8) is 0 Å². The van der Waals surface area contributed by atoms with Gasteiger partial charge in [-0.2, -0.15) is 0 Å². The van der Waals surface area contributed by atoms with Gasteiger partial charge in [0.25, 0.3) is 0 Å². The Hall–Kier alpha value is -1.54. The standard InChI is InChI=1S/C16H29N7O/c1-13(16-17-18-19-21(16)3)22-6-4-14(5-7-22)12-15(24)23-10-8-20(2)9-11-23/h13-14H,4-12H2,1-3H3/t13-/m0/s1. The Kier molecular flexibility index (Phi) is 5.45. The molecule has 0 aliphatic carbocycles. The normalized spacial score (nSPS) is 22.7. The van der Waals surface area contributed by atoms with Crippen LogP contribution in [0, 0.1) is 5.92 Å². The highest BCUT2D eigenvalue weighted by Crippen LogP contribution is 2.27. The number of likely N-dealkylation sites (tertiary alicyclic amines) is 1. The number of piperazine rings is 1. The summed E-state index contributed by atoms with van der Waals surface area (Å²) in [6.07, 6.45) is 2.86. The third kappa shape index (κ3) is 3.92. The van der Waals surface area contributed by atoms with Crippen molar-refractivity contribution >= 4 is 5.91 Å². The number of piperidine rings is 1. The van der Waals surface area contributed by atoms with Gasteiger partial charge in [-0.25, -0.2) is 4.68 Å². The average molecular weight is 335 g/mol. The minimum Gasteiger partial charge on any atom is -0.340 e. The van der Waals surface area contributed by atoms with E-state index in [1.54, 1.807) is 4.68 Å². The van der Waals surface area contributed by atoms with E-state index in [0.29, 0.717) is 18.2 Å². The molecular weight excluding hydrogens is 306 g/mol. The summed E-state index contributed by atoms with van der Waals surface area (Å²) in [4.78, 5) is 19.2. The Morgan fingerprint density at radius 2 is 1.79 bits per heavy atom. The molecule has 2 saturated heterocycles. The van der Waals surface area contributed by atoms with Gasteiger partial charge in [0, 0.05) is 39.6 Å². The van der Waals surface area contributed by atoms with E-state index >= 15 is 0 Å². The summed E-state index contributed by atoms with van der Waals surface area (Å²) in [6.45, 7) is 7.92. The van der Waals surface area contributed by atoms with Crippen molar-refractivity contribution in [2.45, 2.75) is 32.2 Å². The zero-order valence-corrected chi connectivity index (χ0v) is 15.1. The topological polar surface area (TPSA) is 70.4 Å². The van der Waals surface area contributed by atoms with Crippen molar-refractivity contribution in [3.05, 3.63) is 5.82 Å². The molecule has 8 heteroatoms. The third-order valence-corrected chi connectivity index (χ3v) is 5.54. The van der Waals surface area contributed by atoms with Crippen LogP contribution in [0.2, 0.25) is 0 Å². The first kappa shape index (κ1) is 17.3. The molecule has 24 heavy (non-hydrogen) atoms. The van der Waals surface area contributed by atoms with Gasteiger partial charge in [-0.05, 0) is 56.2 Å². The molecule has 8 nitrogen and oxygen atoms in total. The predicted octanol–water partition coefficient (Wildman–Crippen LogP) is 0.147. The molecule has 0 radical (unpaired) electrons. The Bertz CT molecular complexity index is 544. The molecule has 0 bridgehead atoms. The van der Waals surface area contributed by atoms with E-state index in [9.17, 15) is 4.79 Å². The van der Waals surface area contributed by atoms with Crippen molar-refractivity contribution in [2.24, 2.45) is 13.0 Å². The maximum Gasteiger partial charge on any atom is 0.222 e. The van der Waals surface area contributed by atoms with Crippen LogP contribution in [-0.4, -0.2) is 87.1 Å². The van der Waals surface area contributed by atoms with Crippen molar-refractivity contribution in [3.8, 4) is 0 Å². The molecule has 1 amide bonds. The number of hydrogen-bond donors (Lipinski definition) is 0. The molecule has 0 unspecified atom stereocenters. The second kappa shape index (κ2) is 7.57. The molecule has 1 atom stereocenters. The fourth-order valence-electron chi connectivity index (χ4n) is 3.73. The van der Waals surface area contributed by atoms with Crippen molar-refractivity contribution in [1.82, 2.24) is 34.9 Å². The van der Waals surface area contributed by atoms with Crippen molar-refractivity contribution < 1.29 is 4.79 Å². The van der Waals surface area contributed by atoms with Gasteiger partial charge in [0.15, 0.2) is 5.82 Å². The van der Waals surface area contributed by atoms with Crippen LogP contribution in [0.1, 0.15) is 38.1 Å². The largest absolute Gasteiger partial charge is 0.340 e. The van der Waals surface area contributed by atoms with E-state index in [1.165, 1.54) is 0 Å². The molecule has 2 aliphatic rings. The molecule has 1 aromatic rings. The number of likely N-dealkylation sites (N-methyl/N-ethyl adjacent to an activating group) is 1. The smallest absolute Gasteiger partial charge is 0.222 e. The molecular formula is C16H29N7O. The predicted molar refractivity (Wildman–Crippen MR) is 90.2 cm³/mol. The lowest BCUT2D eigenvalue weighted by Crippen LogP contribution is -2.48. The highest BCUT2D eigenvalue weighted by Gasteiger charge is 2.28. The van der Waals surface area contributed by atoms with Gasteiger partial charge in [0.05, 0.1) is 6.04 Å². The molecule has 0 spiro atoms. The zero-order valence-electron chi connectivity index (χ0n) is 15.1. The SMILES string of the molecule is C[C@@H](c1nnnn1C)N1CCC(CC(=O)N2CCN(C)CC2)CC1. The first-order chi connectivity index (χ1) is 11.5. The number of hydrogen-bond acceptors (Lipinski definition) is 6. The highest BCUT2D eigenvalue weighted by molar-refractivity contribution is 5.76. The number of tetrazole rings is 1. The first-order valence-electron chi connectivity index (χ1n) is 8.97. The molecule has 134 valence electrons. The molecule has 0 N–H and O–H groups in total. The molecule has 3 heterocycles. The number of rotatable bonds is 4. The average Bonchev–Trinajstić information content (AvgIpc) is 3.01. The lowest BCUT2D eigenvalue weighted by atomic mass is 9.92. The van der Waals surface area contributed by atoms with Crippen molar-refractivity contribution in [1.29, 1.82) is 0 Å². The van der Waals surface area contributed by atoms with Crippen LogP contribution < -0.4 is 0 Å². The van der Waals surface area contributed by atoms with Crippen molar-refractivity contribution in [2.75, 3.05) is 46.3 Å². The second-order valence-corrected chi connectivity index (χ2v) is 7.20. The van der Waals surface area contributed by atoms with E-state index in [4.69, 9.17) is 0 Å². The lowest BCUT2D eigenvalue weighted by molar-refractivity contribution is -0.134. The molecule has 2 aliphatic heterocycles. The van der Waals surface area contributed by atoms with Gasteiger partial charge in [-0.3, -0.25) is 9.69 Å². The summed E-state index contributed by atoms with van der Waals surface area (Å²) in [5.41, 5.74) is 0. The van der Waals surface area contributed by atoms with Gasteiger partial charge in [0.2, 0.25) is 5.91 Å². The Labute approximate surface area is 143 Å². The van der Waals surface area contributed by atoms with E-state index < -0.39 is 0 Å². The molecule has 2 fully saturated rings. The summed E-state index contributed by atoms with van der Waals surface area (Å²) >= 11 is 0. The summed E-state index contributed by atoms with van der Waals surface area (Å²) in [5, 5.41) is 11.8. The number of amides is 1. The maximum absolute atomic E-state index is 12.5. The quantitative estimate of drug-likeness (QED) is 0.780. The van der Waals surface area contributed by atoms with Gasteiger partial charge in [-0.15, -0.1) is 5.10 Å². The van der Waals surface area contributed by atoms with E-state index in [0.717, 1.165) is 57.9 Å². The van der Waals surface area contributed by atoms with Gasteiger partial charge in [-0.1, -0.05) is 0 Å². The summed E-state index contributed by atoms with van der Waals surface area (Å²) in [7, 11) is 4.00. The second-order valence-electron chi connectivity index (χ2n) is 7.20. The van der Waals surface area contributed by atoms with Gasteiger partial charge < -0.3 is 9.80 Å². The fourth-order valence-corrected chi connectivity index (χ4v) is 3.73. The molecule has 0 aromatic carbocycles. The fraction of sp³-hybridized carbons (Fsp3) is 0.875. The van der Waals surface area contributed by atoms with Crippen LogP contribution in [0.5, 0.6) is 0 Å². The van der Waals surface area contributed by atoms with Crippen LogP contribution in [-0.2, 0) is 11.8 Å². The number of aromatic nitrogens is 4. The molecule has 3 rings (SSSR count). The third-order valence-electron chi connectivity index (χ3n) is 5.54. The van der Waals surface area contributed by atoms with Gasteiger partial charge in [0.1, 0.15) is 0 Å². The van der Waals surface area contributed by atoms with E-state index in [-0.39, 0.29) is 6.04 Å². The maximum atomic E-state index is 12.5. The van der Waals surface area contributed by atoms with Crippen LogP contribution in [0.15, 0.2) is 0 Å². The minimum atomic E-state index is 0.222. The number of carbonyl (C=O) groups is 1. The first-order valence-corrected chi connectivity index (χ1v) is 8.97. The Morgan fingerprint density at radius 3 is 2.38 bits per heavy atom. The summed E-state index contributed by atoms with van der Waals surface area (Å²) in [5.74, 6) is 1.76. The minimum absolute atomic E-state index is 0.222. The Balaban J connectivity index is 1.45. The number of carbonyl (C=O) groups excluding carboxylic acids is 1. The monoisotopic (exact) mass is 335 g/mol. The number of nitrogens with zero attached hydrogens (tertiary/aromatic N) is 7. The van der Waals surface area contributed by atoms with Crippen LogP contribution in [0.3, 0.4) is 0 Å². The Morgan fingerprint density at radius 1 is 1.12 bits per heavy atom. The summed E-state index contributed by atoms with van der Waals surface area (Å²) in [6, 6.07) is 0.222. The lowest BCUT2D eigenvalue weighted by Gasteiger charge is -2.37. The van der Waals surface area contributed by atoms with Crippen LogP contribution >= 0.6 is 0 Å². The summed E-state index contributed by atoms with van der Waals surface area (Å²) < 4.78 is 1.74.